The summed E-state index contributed by atoms with van der Waals surface area (Å²) >= 11 is 6.13. The number of nitrogens with zero attached hydrogens (tertiary/aromatic N) is 4. The number of halogens is 1. The average Bonchev–Trinajstić information content (AvgIpc) is 2.67. The summed E-state index contributed by atoms with van der Waals surface area (Å²) in [6, 6.07) is 9.54. The Morgan fingerprint density at radius 3 is 2.62 bits per heavy atom. The van der Waals surface area contributed by atoms with Crippen molar-refractivity contribution in [3.05, 3.63) is 41.8 Å². The van der Waals surface area contributed by atoms with Gasteiger partial charge in [-0.25, -0.2) is 9.97 Å². The van der Waals surface area contributed by atoms with E-state index < -0.39 is 6.10 Å². The zero-order chi connectivity index (χ0) is 18.4. The number of para-hydroxylation sites is 1. The molecule has 1 unspecified atom stereocenters. The average molecular weight is 378 g/mol. The van der Waals surface area contributed by atoms with Crippen molar-refractivity contribution in [2.75, 3.05) is 56.6 Å². The fraction of sp³-hybridized carbons (Fsp3) is 0.444. The minimum absolute atomic E-state index is 0.287. The smallest absolute Gasteiger partial charge is 0.157 e. The zero-order valence-electron chi connectivity index (χ0n) is 14.8. The molecule has 140 valence electrons. The highest BCUT2D eigenvalue weighted by atomic mass is 35.5. The summed E-state index contributed by atoms with van der Waals surface area (Å²) in [4.78, 5) is 12.8. The van der Waals surface area contributed by atoms with E-state index in [1.807, 2.05) is 37.4 Å². The van der Waals surface area contributed by atoms with E-state index in [-0.39, 0.29) is 6.61 Å². The van der Waals surface area contributed by atoms with Crippen LogP contribution in [-0.4, -0.2) is 72.5 Å². The molecule has 1 aromatic carbocycles. The summed E-state index contributed by atoms with van der Waals surface area (Å²) in [5.74, 6) is 1.59. The maximum Gasteiger partial charge on any atom is 0.157 e. The second-order valence-electron chi connectivity index (χ2n) is 6.18. The van der Waals surface area contributed by atoms with E-state index in [1.165, 1.54) is 6.33 Å². The van der Waals surface area contributed by atoms with Gasteiger partial charge in [0.25, 0.3) is 0 Å². The van der Waals surface area contributed by atoms with Crippen molar-refractivity contribution in [3.8, 4) is 5.75 Å². The maximum atomic E-state index is 10.2. The van der Waals surface area contributed by atoms with Gasteiger partial charge in [0, 0.05) is 39.8 Å². The number of rotatable bonds is 7. The Kier molecular flexibility index (Phi) is 6.49. The molecular formula is C18H24ClN5O2. The van der Waals surface area contributed by atoms with E-state index in [4.69, 9.17) is 16.3 Å². The molecule has 0 spiro atoms. The first-order chi connectivity index (χ1) is 12.7. The van der Waals surface area contributed by atoms with Gasteiger partial charge in [-0.2, -0.15) is 0 Å². The molecule has 26 heavy (non-hydrogen) atoms. The molecule has 8 heteroatoms. The summed E-state index contributed by atoms with van der Waals surface area (Å²) in [6.45, 7) is 4.18. The highest BCUT2D eigenvalue weighted by Gasteiger charge is 2.23. The lowest BCUT2D eigenvalue weighted by Gasteiger charge is -2.36. The number of anilines is 2. The van der Waals surface area contributed by atoms with Crippen LogP contribution in [0.5, 0.6) is 5.75 Å². The van der Waals surface area contributed by atoms with Gasteiger partial charge in [-0.1, -0.05) is 29.8 Å². The lowest BCUT2D eigenvalue weighted by molar-refractivity contribution is 0.0663. The largest absolute Gasteiger partial charge is 0.491 e. The van der Waals surface area contributed by atoms with Crippen molar-refractivity contribution in [2.45, 2.75) is 6.10 Å². The first kappa shape index (κ1) is 18.7. The van der Waals surface area contributed by atoms with Crippen LogP contribution in [0.3, 0.4) is 0 Å². The van der Waals surface area contributed by atoms with Crippen LogP contribution in [0, 0.1) is 0 Å². The van der Waals surface area contributed by atoms with Crippen LogP contribution in [0.2, 0.25) is 5.15 Å². The third-order valence-electron chi connectivity index (χ3n) is 4.36. The number of aromatic nitrogens is 2. The maximum absolute atomic E-state index is 10.2. The van der Waals surface area contributed by atoms with Crippen LogP contribution in [0.15, 0.2) is 36.7 Å². The van der Waals surface area contributed by atoms with E-state index >= 15 is 0 Å². The Balaban J connectivity index is 1.47. The third kappa shape index (κ3) is 4.75. The van der Waals surface area contributed by atoms with Gasteiger partial charge in [-0.3, -0.25) is 4.90 Å². The summed E-state index contributed by atoms with van der Waals surface area (Å²) in [6.07, 6.45) is 0.957. The van der Waals surface area contributed by atoms with E-state index in [9.17, 15) is 5.11 Å². The van der Waals surface area contributed by atoms with Crippen molar-refractivity contribution >= 4 is 23.1 Å². The van der Waals surface area contributed by atoms with Crippen LogP contribution in [0.4, 0.5) is 11.5 Å². The minimum Gasteiger partial charge on any atom is -0.491 e. The predicted molar refractivity (Wildman–Crippen MR) is 103 cm³/mol. The number of ether oxygens (including phenoxy) is 1. The molecule has 0 bridgehead atoms. The summed E-state index contributed by atoms with van der Waals surface area (Å²) in [7, 11) is 1.81. The topological polar surface area (TPSA) is 73.8 Å². The number of hydrogen-bond donors (Lipinski definition) is 2. The Labute approximate surface area is 158 Å². The monoisotopic (exact) mass is 377 g/mol. The fourth-order valence-electron chi connectivity index (χ4n) is 3.01. The van der Waals surface area contributed by atoms with Gasteiger partial charge in [0.15, 0.2) is 11.0 Å². The number of piperazine rings is 1. The van der Waals surface area contributed by atoms with Gasteiger partial charge in [0.2, 0.25) is 0 Å². The molecule has 1 aliphatic heterocycles. The normalized spacial score (nSPS) is 16.3. The highest BCUT2D eigenvalue weighted by Crippen LogP contribution is 2.29. The number of aliphatic hydroxyl groups excluding tert-OH is 1. The third-order valence-corrected chi connectivity index (χ3v) is 4.64. The second kappa shape index (κ2) is 9.02. The predicted octanol–water partition coefficient (Wildman–Crippen LogP) is 1.73. The molecule has 3 rings (SSSR count). The minimum atomic E-state index is -0.525. The molecule has 2 heterocycles. The Hall–Kier alpha value is -2.09. The molecule has 2 N–H and O–H groups in total. The van der Waals surface area contributed by atoms with Crippen LogP contribution in [-0.2, 0) is 0 Å². The zero-order valence-corrected chi connectivity index (χ0v) is 15.6. The van der Waals surface area contributed by atoms with Crippen molar-refractivity contribution in [2.24, 2.45) is 0 Å². The molecule has 1 saturated heterocycles. The van der Waals surface area contributed by atoms with Crippen LogP contribution in [0.25, 0.3) is 0 Å². The van der Waals surface area contributed by atoms with Crippen LogP contribution in [0.1, 0.15) is 0 Å². The molecule has 1 atom stereocenters. The lowest BCUT2D eigenvalue weighted by atomic mass is 10.2. The number of nitrogens with one attached hydrogen (secondary N) is 1. The summed E-state index contributed by atoms with van der Waals surface area (Å²) in [5.41, 5.74) is 0.749. The van der Waals surface area contributed by atoms with Gasteiger partial charge in [-0.05, 0) is 12.1 Å². The fourth-order valence-corrected chi connectivity index (χ4v) is 3.24. The standard InChI is InChI=1S/C18H24ClN5O2/c1-20-16-17(19)21-13-22-18(16)24-9-7-23(8-10-24)11-14(25)12-26-15-5-3-2-4-6-15/h2-6,13-14,20,25H,7-12H2,1H3. The van der Waals surface area contributed by atoms with Crippen LogP contribution < -0.4 is 15.0 Å². The van der Waals surface area contributed by atoms with Crippen molar-refractivity contribution in [3.63, 3.8) is 0 Å². The molecular weight excluding hydrogens is 354 g/mol. The lowest BCUT2D eigenvalue weighted by Crippen LogP contribution is -2.49. The highest BCUT2D eigenvalue weighted by molar-refractivity contribution is 6.32. The van der Waals surface area contributed by atoms with E-state index in [0.29, 0.717) is 11.7 Å². The molecule has 2 aromatic rings. The number of aliphatic hydroxyl groups is 1. The molecule has 0 aliphatic carbocycles. The van der Waals surface area contributed by atoms with Gasteiger partial charge >= 0.3 is 0 Å². The summed E-state index contributed by atoms with van der Waals surface area (Å²) < 4.78 is 5.62. The van der Waals surface area contributed by atoms with E-state index in [1.54, 1.807) is 0 Å². The van der Waals surface area contributed by atoms with Crippen molar-refractivity contribution in [1.29, 1.82) is 0 Å². The van der Waals surface area contributed by atoms with Crippen molar-refractivity contribution in [1.82, 2.24) is 14.9 Å². The molecule has 1 aromatic heterocycles. The van der Waals surface area contributed by atoms with Gasteiger partial charge in [0.05, 0.1) is 0 Å². The molecule has 0 radical (unpaired) electrons. The first-order valence-corrected chi connectivity index (χ1v) is 9.06. The quantitative estimate of drug-likeness (QED) is 0.712. The van der Waals surface area contributed by atoms with Crippen molar-refractivity contribution < 1.29 is 9.84 Å². The Morgan fingerprint density at radius 2 is 1.92 bits per heavy atom. The van der Waals surface area contributed by atoms with E-state index in [2.05, 4.69) is 25.1 Å². The Bertz CT molecular complexity index is 695. The Morgan fingerprint density at radius 1 is 1.19 bits per heavy atom. The first-order valence-electron chi connectivity index (χ1n) is 8.69. The molecule has 1 aliphatic rings. The molecule has 0 saturated carbocycles. The summed E-state index contributed by atoms with van der Waals surface area (Å²) in [5, 5.41) is 13.7. The van der Waals surface area contributed by atoms with Gasteiger partial charge in [-0.15, -0.1) is 0 Å². The SMILES string of the molecule is CNc1c(Cl)ncnc1N1CCN(CC(O)COc2ccccc2)CC1. The number of β-amino-alcohol motifs (C(OH)–C–C–N with tert-alkyl or cyclic N) is 1. The van der Waals surface area contributed by atoms with Crippen LogP contribution >= 0.6 is 11.6 Å². The number of benzene rings is 1. The number of hydrogen-bond acceptors (Lipinski definition) is 7. The van der Waals surface area contributed by atoms with Gasteiger partial charge in [0.1, 0.15) is 30.5 Å². The second-order valence-corrected chi connectivity index (χ2v) is 6.54. The molecule has 1 fully saturated rings. The van der Waals surface area contributed by atoms with E-state index in [0.717, 1.165) is 43.4 Å². The van der Waals surface area contributed by atoms with Gasteiger partial charge < -0.3 is 20.1 Å². The molecule has 0 amide bonds. The molecule has 7 nitrogen and oxygen atoms in total.